The van der Waals surface area contributed by atoms with E-state index in [1.807, 2.05) is 0 Å². The molecule has 0 bridgehead atoms. The minimum atomic E-state index is 0.247. The molecule has 5 nitrogen and oxygen atoms in total. The van der Waals surface area contributed by atoms with Crippen LogP contribution in [0.4, 0.5) is 0 Å². The first-order valence-electron chi connectivity index (χ1n) is 8.67. The maximum Gasteiger partial charge on any atom is 0.213 e. The summed E-state index contributed by atoms with van der Waals surface area (Å²) in [5, 5.41) is 12.5. The van der Waals surface area contributed by atoms with Crippen LogP contribution >= 0.6 is 0 Å². The molecule has 1 aliphatic carbocycles. The Kier molecular flexibility index (Phi) is 5.84. The number of rotatable bonds is 6. The zero-order valence-electron chi connectivity index (χ0n) is 13.5. The molecule has 1 unspecified atom stereocenters. The molecule has 1 aromatic heterocycles. The number of ether oxygens (including phenoxy) is 2. The first-order chi connectivity index (χ1) is 11.3. The number of nitrogens with zero attached hydrogens (tertiary/aromatic N) is 2. The van der Waals surface area contributed by atoms with Crippen molar-refractivity contribution in [3.63, 3.8) is 0 Å². The lowest BCUT2D eigenvalue weighted by molar-refractivity contribution is 0.133. The van der Waals surface area contributed by atoms with Crippen molar-refractivity contribution in [1.82, 2.24) is 10.3 Å². The third kappa shape index (κ3) is 4.92. The number of hydrogen-bond donors (Lipinski definition) is 1. The summed E-state index contributed by atoms with van der Waals surface area (Å²) in [6.45, 7) is 2.98. The van der Waals surface area contributed by atoms with Gasteiger partial charge in [0.05, 0.1) is 5.56 Å². The van der Waals surface area contributed by atoms with Crippen molar-refractivity contribution in [2.45, 2.75) is 50.7 Å². The number of pyridine rings is 1. The molecule has 1 saturated heterocycles. The predicted molar refractivity (Wildman–Crippen MR) is 87.2 cm³/mol. The van der Waals surface area contributed by atoms with Gasteiger partial charge in [0.2, 0.25) is 5.88 Å². The summed E-state index contributed by atoms with van der Waals surface area (Å²) in [6, 6.07) is 6.22. The lowest BCUT2D eigenvalue weighted by atomic mass is 9.92. The number of aromatic nitrogens is 1. The van der Waals surface area contributed by atoms with E-state index >= 15 is 0 Å². The second-order valence-electron chi connectivity index (χ2n) is 6.56. The monoisotopic (exact) mass is 315 g/mol. The van der Waals surface area contributed by atoms with Gasteiger partial charge in [-0.3, -0.25) is 0 Å². The van der Waals surface area contributed by atoms with Crippen molar-refractivity contribution in [1.29, 1.82) is 5.26 Å². The Morgan fingerprint density at radius 1 is 1.26 bits per heavy atom. The molecule has 5 heteroatoms. The first-order valence-corrected chi connectivity index (χ1v) is 8.67. The molecular weight excluding hydrogens is 290 g/mol. The van der Waals surface area contributed by atoms with E-state index in [1.165, 1.54) is 12.8 Å². The summed E-state index contributed by atoms with van der Waals surface area (Å²) in [4.78, 5) is 4.18. The molecule has 0 spiro atoms. The van der Waals surface area contributed by atoms with Gasteiger partial charge in [0.1, 0.15) is 12.2 Å². The normalized spacial score (nSPS) is 27.5. The van der Waals surface area contributed by atoms with Crippen LogP contribution in [0.5, 0.6) is 5.88 Å². The maximum absolute atomic E-state index is 8.77. The van der Waals surface area contributed by atoms with Crippen molar-refractivity contribution < 1.29 is 9.47 Å². The molecule has 1 aliphatic heterocycles. The minimum absolute atomic E-state index is 0.247. The lowest BCUT2D eigenvalue weighted by Gasteiger charge is -2.29. The van der Waals surface area contributed by atoms with Crippen LogP contribution in [0.15, 0.2) is 18.3 Å². The Morgan fingerprint density at radius 2 is 2.13 bits per heavy atom. The molecule has 2 heterocycles. The molecule has 23 heavy (non-hydrogen) atoms. The average Bonchev–Trinajstić information content (AvgIpc) is 3.11. The van der Waals surface area contributed by atoms with Crippen molar-refractivity contribution in [2.24, 2.45) is 5.92 Å². The summed E-state index contributed by atoms with van der Waals surface area (Å²) in [6.07, 6.45) is 8.69. The van der Waals surface area contributed by atoms with Gasteiger partial charge in [0.25, 0.3) is 0 Å². The smallest absolute Gasteiger partial charge is 0.213 e. The maximum atomic E-state index is 8.77. The van der Waals surface area contributed by atoms with Gasteiger partial charge in [-0.15, -0.1) is 0 Å². The van der Waals surface area contributed by atoms with E-state index in [2.05, 4.69) is 16.4 Å². The van der Waals surface area contributed by atoms with E-state index in [1.54, 1.807) is 18.3 Å². The van der Waals surface area contributed by atoms with Crippen LogP contribution in [-0.4, -0.2) is 36.9 Å². The van der Waals surface area contributed by atoms with E-state index < -0.39 is 0 Å². The highest BCUT2D eigenvalue weighted by Gasteiger charge is 2.23. The highest BCUT2D eigenvalue weighted by Crippen LogP contribution is 2.23. The van der Waals surface area contributed by atoms with Crippen molar-refractivity contribution in [3.05, 3.63) is 23.9 Å². The van der Waals surface area contributed by atoms with Gasteiger partial charge in [-0.05, 0) is 57.1 Å². The number of hydrogen-bond acceptors (Lipinski definition) is 5. The van der Waals surface area contributed by atoms with Gasteiger partial charge < -0.3 is 14.8 Å². The molecule has 3 rings (SSSR count). The molecule has 1 saturated carbocycles. The summed E-state index contributed by atoms with van der Waals surface area (Å²) in [5.41, 5.74) is 0.568. The molecule has 0 radical (unpaired) electrons. The topological polar surface area (TPSA) is 67.2 Å². The van der Waals surface area contributed by atoms with E-state index in [0.717, 1.165) is 51.4 Å². The van der Waals surface area contributed by atoms with Crippen LogP contribution in [0.2, 0.25) is 0 Å². The van der Waals surface area contributed by atoms with Crippen LogP contribution < -0.4 is 10.1 Å². The number of nitriles is 1. The van der Waals surface area contributed by atoms with Crippen LogP contribution in [0.25, 0.3) is 0 Å². The Morgan fingerprint density at radius 3 is 2.78 bits per heavy atom. The van der Waals surface area contributed by atoms with Crippen LogP contribution in [-0.2, 0) is 4.74 Å². The summed E-state index contributed by atoms with van der Waals surface area (Å²) >= 11 is 0. The van der Waals surface area contributed by atoms with Crippen LogP contribution in [0, 0.1) is 17.2 Å². The number of nitrogens with one attached hydrogen (secondary N) is 1. The molecule has 1 aromatic rings. The van der Waals surface area contributed by atoms with Gasteiger partial charge in [-0.25, -0.2) is 4.98 Å². The van der Waals surface area contributed by atoms with Crippen molar-refractivity contribution in [3.8, 4) is 11.9 Å². The third-order valence-electron chi connectivity index (χ3n) is 4.84. The van der Waals surface area contributed by atoms with Gasteiger partial charge in [0, 0.05) is 31.5 Å². The zero-order valence-corrected chi connectivity index (χ0v) is 13.5. The Labute approximate surface area is 138 Å². The van der Waals surface area contributed by atoms with Crippen molar-refractivity contribution >= 4 is 0 Å². The van der Waals surface area contributed by atoms with E-state index in [-0.39, 0.29) is 6.10 Å². The van der Waals surface area contributed by atoms with E-state index in [0.29, 0.717) is 17.5 Å². The van der Waals surface area contributed by atoms with Gasteiger partial charge in [-0.1, -0.05) is 0 Å². The highest BCUT2D eigenvalue weighted by molar-refractivity contribution is 5.28. The highest BCUT2D eigenvalue weighted by atomic mass is 16.5. The van der Waals surface area contributed by atoms with E-state index in [9.17, 15) is 0 Å². The van der Waals surface area contributed by atoms with Crippen molar-refractivity contribution in [2.75, 3.05) is 19.8 Å². The van der Waals surface area contributed by atoms with Gasteiger partial charge in [0.15, 0.2) is 0 Å². The second-order valence-corrected chi connectivity index (χ2v) is 6.56. The molecule has 2 aliphatic rings. The Hall–Kier alpha value is -1.64. The Bertz CT molecular complexity index is 512. The SMILES string of the molecule is N#Cc1ccc(OC2CCC(NCCC3CCOC3)CC2)nc1. The first kappa shape index (κ1) is 16.2. The summed E-state index contributed by atoms with van der Waals surface area (Å²) in [7, 11) is 0. The van der Waals surface area contributed by atoms with Gasteiger partial charge >= 0.3 is 0 Å². The van der Waals surface area contributed by atoms with Crippen LogP contribution in [0.1, 0.15) is 44.1 Å². The average molecular weight is 315 g/mol. The largest absolute Gasteiger partial charge is 0.474 e. The molecule has 2 fully saturated rings. The van der Waals surface area contributed by atoms with Gasteiger partial charge in [-0.2, -0.15) is 5.26 Å². The molecule has 124 valence electrons. The third-order valence-corrected chi connectivity index (χ3v) is 4.84. The fourth-order valence-corrected chi connectivity index (χ4v) is 3.37. The lowest BCUT2D eigenvalue weighted by Crippen LogP contribution is -2.37. The van der Waals surface area contributed by atoms with E-state index in [4.69, 9.17) is 14.7 Å². The Balaban J connectivity index is 1.33. The fourth-order valence-electron chi connectivity index (χ4n) is 3.37. The fraction of sp³-hybridized carbons (Fsp3) is 0.667. The standard InChI is InChI=1S/C18H25N3O2/c19-11-15-1-6-18(21-12-15)23-17-4-2-16(3-5-17)20-9-7-14-8-10-22-13-14/h1,6,12,14,16-17,20H,2-5,7-10,13H2. The second kappa shape index (κ2) is 8.28. The zero-order chi connectivity index (χ0) is 15.9. The molecule has 1 N–H and O–H groups in total. The summed E-state index contributed by atoms with van der Waals surface area (Å²) < 4.78 is 11.3. The molecular formula is C18H25N3O2. The molecule has 0 amide bonds. The summed E-state index contributed by atoms with van der Waals surface area (Å²) in [5.74, 6) is 1.38. The molecule has 0 aromatic carbocycles. The minimum Gasteiger partial charge on any atom is -0.474 e. The molecule has 1 atom stereocenters. The predicted octanol–water partition coefficient (Wildman–Crippen LogP) is 2.66. The quantitative estimate of drug-likeness (QED) is 0.874. The van der Waals surface area contributed by atoms with Crippen LogP contribution in [0.3, 0.4) is 0 Å².